The fraction of sp³-hybridized carbons (Fsp3) is 0.0526. The summed E-state index contributed by atoms with van der Waals surface area (Å²) in [5.41, 5.74) is 3.97. The van der Waals surface area contributed by atoms with Crippen LogP contribution in [0.2, 0.25) is 0 Å². The monoisotopic (exact) mass is 346 g/mol. The van der Waals surface area contributed by atoms with E-state index in [1.54, 1.807) is 19.1 Å². The van der Waals surface area contributed by atoms with Gasteiger partial charge in [-0.1, -0.05) is 18.2 Å². The van der Waals surface area contributed by atoms with Crippen LogP contribution in [-0.2, 0) is 0 Å². The van der Waals surface area contributed by atoms with Crippen LogP contribution < -0.4 is 5.56 Å². The average molecular weight is 346 g/mol. The number of para-hydroxylation sites is 1. The van der Waals surface area contributed by atoms with E-state index in [-0.39, 0.29) is 11.2 Å². The Bertz CT molecular complexity index is 1190. The molecule has 0 aliphatic carbocycles. The van der Waals surface area contributed by atoms with Gasteiger partial charge in [-0.3, -0.25) is 20.0 Å². The zero-order valence-electron chi connectivity index (χ0n) is 13.8. The average Bonchev–Trinajstić information content (AvgIpc) is 2.99. The fourth-order valence-electron chi connectivity index (χ4n) is 3.06. The second-order valence-electron chi connectivity index (χ2n) is 5.96. The molecular formula is C19H14N4O3. The Morgan fingerprint density at radius 2 is 1.77 bits per heavy atom. The molecule has 2 aromatic carbocycles. The van der Waals surface area contributed by atoms with Crippen LogP contribution in [0.1, 0.15) is 5.69 Å². The largest absolute Gasteiger partial charge is 0.302 e. The highest BCUT2D eigenvalue weighted by Crippen LogP contribution is 2.32. The molecule has 128 valence electrons. The quantitative estimate of drug-likeness (QED) is 0.435. The minimum atomic E-state index is -0.428. The van der Waals surface area contributed by atoms with E-state index < -0.39 is 4.92 Å². The lowest BCUT2D eigenvalue weighted by Crippen LogP contribution is -2.03. The minimum absolute atomic E-state index is 0.0326. The van der Waals surface area contributed by atoms with E-state index in [4.69, 9.17) is 0 Å². The normalized spacial score (nSPS) is 11.0. The third-order valence-corrected chi connectivity index (χ3v) is 4.33. The maximum absolute atomic E-state index is 12.1. The second kappa shape index (κ2) is 5.96. The first-order valence-corrected chi connectivity index (χ1v) is 7.97. The summed E-state index contributed by atoms with van der Waals surface area (Å²) < 4.78 is 0. The molecule has 2 aromatic heterocycles. The van der Waals surface area contributed by atoms with Gasteiger partial charge in [-0.05, 0) is 42.3 Å². The molecule has 0 radical (unpaired) electrons. The van der Waals surface area contributed by atoms with Crippen molar-refractivity contribution in [2.75, 3.05) is 0 Å². The summed E-state index contributed by atoms with van der Waals surface area (Å²) in [4.78, 5) is 27.2. The van der Waals surface area contributed by atoms with Crippen molar-refractivity contribution < 1.29 is 4.92 Å². The Hall–Kier alpha value is -3.74. The molecule has 2 heterocycles. The maximum Gasteiger partial charge on any atom is 0.273 e. The number of fused-ring (bicyclic) bond motifs is 1. The molecule has 4 rings (SSSR count). The number of nitrogens with one attached hydrogen (secondary N) is 2. The van der Waals surface area contributed by atoms with Gasteiger partial charge in [0.05, 0.1) is 21.7 Å². The zero-order chi connectivity index (χ0) is 18.3. The summed E-state index contributed by atoms with van der Waals surface area (Å²) in [5, 5.41) is 17.2. The molecule has 0 saturated heterocycles. The highest BCUT2D eigenvalue weighted by atomic mass is 16.6. The Balaban J connectivity index is 1.99. The van der Waals surface area contributed by atoms with Gasteiger partial charge in [0, 0.05) is 23.2 Å². The van der Waals surface area contributed by atoms with Crippen LogP contribution in [-0.4, -0.2) is 20.1 Å². The van der Waals surface area contributed by atoms with Crippen molar-refractivity contribution in [1.82, 2.24) is 15.2 Å². The standard InChI is InChI=1S/C19H14N4O3/c1-11-18(19(24)22-21-11)17-10-15(14-4-2-3-5-16(14)20-17)12-6-8-13(9-7-12)23(25)26/h2-10H,1H3,(H2,21,22,24). The van der Waals surface area contributed by atoms with Crippen molar-refractivity contribution in [3.8, 4) is 22.4 Å². The van der Waals surface area contributed by atoms with Crippen molar-refractivity contribution in [3.05, 3.63) is 80.8 Å². The fourth-order valence-corrected chi connectivity index (χ4v) is 3.06. The van der Waals surface area contributed by atoms with Crippen molar-refractivity contribution in [2.45, 2.75) is 6.92 Å². The predicted octanol–water partition coefficient (Wildman–Crippen LogP) is 3.80. The van der Waals surface area contributed by atoms with Crippen molar-refractivity contribution >= 4 is 16.6 Å². The Labute approximate surface area is 147 Å². The lowest BCUT2D eigenvalue weighted by Gasteiger charge is -2.09. The molecule has 0 fully saturated rings. The number of aromatic nitrogens is 3. The summed E-state index contributed by atoms with van der Waals surface area (Å²) in [7, 11) is 0. The number of pyridine rings is 1. The smallest absolute Gasteiger partial charge is 0.273 e. The highest BCUT2D eigenvalue weighted by Gasteiger charge is 2.15. The van der Waals surface area contributed by atoms with Crippen LogP contribution in [0.25, 0.3) is 33.3 Å². The van der Waals surface area contributed by atoms with Gasteiger partial charge in [-0.2, -0.15) is 0 Å². The minimum Gasteiger partial charge on any atom is -0.302 e. The van der Waals surface area contributed by atoms with Crippen LogP contribution in [0.3, 0.4) is 0 Å². The lowest BCUT2D eigenvalue weighted by molar-refractivity contribution is -0.384. The van der Waals surface area contributed by atoms with E-state index in [0.29, 0.717) is 17.0 Å². The zero-order valence-corrected chi connectivity index (χ0v) is 13.8. The molecule has 7 nitrogen and oxygen atoms in total. The second-order valence-corrected chi connectivity index (χ2v) is 5.96. The third-order valence-electron chi connectivity index (χ3n) is 4.33. The van der Waals surface area contributed by atoms with Crippen molar-refractivity contribution in [2.24, 2.45) is 0 Å². The molecule has 0 amide bonds. The van der Waals surface area contributed by atoms with Gasteiger partial charge in [0.15, 0.2) is 0 Å². The summed E-state index contributed by atoms with van der Waals surface area (Å²) in [5.74, 6) is 0. The van der Waals surface area contributed by atoms with E-state index in [2.05, 4.69) is 15.2 Å². The molecule has 0 aliphatic heterocycles. The number of aryl methyl sites for hydroxylation is 1. The van der Waals surface area contributed by atoms with Crippen molar-refractivity contribution in [1.29, 1.82) is 0 Å². The van der Waals surface area contributed by atoms with Crippen LogP contribution >= 0.6 is 0 Å². The third kappa shape index (κ3) is 2.55. The molecule has 0 saturated carbocycles. The molecule has 4 aromatic rings. The van der Waals surface area contributed by atoms with E-state index >= 15 is 0 Å². The molecular weight excluding hydrogens is 332 g/mol. The molecule has 2 N–H and O–H groups in total. The van der Waals surface area contributed by atoms with Gasteiger partial charge >= 0.3 is 0 Å². The summed E-state index contributed by atoms with van der Waals surface area (Å²) in [6.45, 7) is 1.80. The van der Waals surface area contributed by atoms with Gasteiger partial charge in [0.2, 0.25) is 0 Å². The first kappa shape index (κ1) is 15.8. The van der Waals surface area contributed by atoms with Gasteiger partial charge in [-0.25, -0.2) is 4.98 Å². The Kier molecular flexibility index (Phi) is 3.62. The van der Waals surface area contributed by atoms with E-state index in [0.717, 1.165) is 22.0 Å². The van der Waals surface area contributed by atoms with E-state index in [1.165, 1.54) is 12.1 Å². The van der Waals surface area contributed by atoms with Gasteiger partial charge in [-0.15, -0.1) is 0 Å². The number of nitro benzene ring substituents is 1. The van der Waals surface area contributed by atoms with Crippen LogP contribution in [0, 0.1) is 17.0 Å². The molecule has 0 atom stereocenters. The number of hydrogen-bond donors (Lipinski definition) is 2. The maximum atomic E-state index is 12.1. The first-order valence-electron chi connectivity index (χ1n) is 7.97. The number of hydrogen-bond acceptors (Lipinski definition) is 4. The van der Waals surface area contributed by atoms with Crippen LogP contribution in [0.4, 0.5) is 5.69 Å². The number of aromatic amines is 2. The Morgan fingerprint density at radius 3 is 2.42 bits per heavy atom. The van der Waals surface area contributed by atoms with Gasteiger partial charge in [0.25, 0.3) is 11.2 Å². The number of benzene rings is 2. The number of nitrogens with zero attached hydrogens (tertiary/aromatic N) is 2. The van der Waals surface area contributed by atoms with E-state index in [9.17, 15) is 14.9 Å². The molecule has 26 heavy (non-hydrogen) atoms. The predicted molar refractivity (Wildman–Crippen MR) is 99.0 cm³/mol. The summed E-state index contributed by atoms with van der Waals surface area (Å²) in [6, 6.07) is 15.8. The van der Waals surface area contributed by atoms with Crippen LogP contribution in [0.15, 0.2) is 59.4 Å². The number of rotatable bonds is 3. The lowest BCUT2D eigenvalue weighted by atomic mass is 9.98. The SMILES string of the molecule is Cc1[nH][nH]c(=O)c1-c1cc(-c2ccc([N+](=O)[O-])cc2)c2ccccc2n1. The summed E-state index contributed by atoms with van der Waals surface area (Å²) >= 11 is 0. The number of H-pyrrole nitrogens is 2. The van der Waals surface area contributed by atoms with Gasteiger partial charge in [0.1, 0.15) is 0 Å². The van der Waals surface area contributed by atoms with Gasteiger partial charge < -0.3 is 5.10 Å². The Morgan fingerprint density at radius 1 is 1.04 bits per heavy atom. The number of nitro groups is 1. The van der Waals surface area contributed by atoms with Crippen LogP contribution in [0.5, 0.6) is 0 Å². The summed E-state index contributed by atoms with van der Waals surface area (Å²) in [6.07, 6.45) is 0. The van der Waals surface area contributed by atoms with Crippen molar-refractivity contribution in [3.63, 3.8) is 0 Å². The molecule has 0 unspecified atom stereocenters. The topological polar surface area (TPSA) is 105 Å². The number of non-ortho nitro benzene ring substituents is 1. The van der Waals surface area contributed by atoms with E-state index in [1.807, 2.05) is 30.3 Å². The molecule has 0 spiro atoms. The highest BCUT2D eigenvalue weighted by molar-refractivity contribution is 5.96. The molecule has 0 aliphatic rings. The first-order chi connectivity index (χ1) is 12.5. The molecule has 7 heteroatoms. The molecule has 0 bridgehead atoms.